The van der Waals surface area contributed by atoms with Crippen molar-refractivity contribution in [3.05, 3.63) is 94.5 Å². The van der Waals surface area contributed by atoms with Gasteiger partial charge in [0, 0.05) is 13.1 Å². The smallest absolute Gasteiger partial charge is 0.264 e. The first-order chi connectivity index (χ1) is 19.1. The number of sulfonamides is 1. The summed E-state index contributed by atoms with van der Waals surface area (Å²) in [5.74, 6) is -0.768. The Morgan fingerprint density at radius 2 is 1.50 bits per heavy atom. The average molecular weight is 584 g/mol. The molecule has 3 rings (SSSR count). The van der Waals surface area contributed by atoms with Crippen LogP contribution in [0, 0.1) is 13.8 Å². The molecule has 0 aromatic heterocycles. The van der Waals surface area contributed by atoms with Crippen LogP contribution in [-0.4, -0.2) is 44.3 Å². The quantitative estimate of drug-likeness (QED) is 0.255. The molecule has 2 amide bonds. The maximum absolute atomic E-state index is 14.1. The van der Waals surface area contributed by atoms with Gasteiger partial charge >= 0.3 is 0 Å². The third-order valence-electron chi connectivity index (χ3n) is 6.70. The van der Waals surface area contributed by atoms with E-state index in [2.05, 4.69) is 5.32 Å². The number of hydrogen-bond acceptors (Lipinski definition) is 4. The summed E-state index contributed by atoms with van der Waals surface area (Å²) in [4.78, 5) is 28.8. The first-order valence-electron chi connectivity index (χ1n) is 13.5. The van der Waals surface area contributed by atoms with Gasteiger partial charge in [-0.3, -0.25) is 13.9 Å². The number of nitrogens with one attached hydrogen (secondary N) is 1. The van der Waals surface area contributed by atoms with Crippen LogP contribution in [0.15, 0.2) is 77.7 Å². The third kappa shape index (κ3) is 7.86. The Balaban J connectivity index is 2.04. The van der Waals surface area contributed by atoms with Gasteiger partial charge in [-0.2, -0.15) is 0 Å². The molecule has 0 aliphatic rings. The minimum atomic E-state index is -4.17. The number of para-hydroxylation sites is 1. The zero-order valence-electron chi connectivity index (χ0n) is 23.6. The van der Waals surface area contributed by atoms with E-state index in [-0.39, 0.29) is 28.1 Å². The van der Waals surface area contributed by atoms with Crippen LogP contribution in [0.1, 0.15) is 49.8 Å². The van der Waals surface area contributed by atoms with Crippen LogP contribution in [0.5, 0.6) is 0 Å². The van der Waals surface area contributed by atoms with Gasteiger partial charge in [0.05, 0.1) is 15.6 Å². The van der Waals surface area contributed by atoms with E-state index in [1.54, 1.807) is 36.4 Å². The van der Waals surface area contributed by atoms with Crippen LogP contribution in [0.4, 0.5) is 5.69 Å². The van der Waals surface area contributed by atoms with Gasteiger partial charge in [0.25, 0.3) is 10.0 Å². The third-order valence-corrected chi connectivity index (χ3v) is 8.79. The Labute approximate surface area is 243 Å². The van der Waals surface area contributed by atoms with E-state index < -0.39 is 28.5 Å². The van der Waals surface area contributed by atoms with Crippen molar-refractivity contribution in [2.45, 2.75) is 64.4 Å². The van der Waals surface area contributed by atoms with E-state index in [9.17, 15) is 18.0 Å². The molecule has 1 atom stereocenters. The van der Waals surface area contributed by atoms with Crippen molar-refractivity contribution in [2.75, 3.05) is 17.4 Å². The Kier molecular flexibility index (Phi) is 11.2. The zero-order chi connectivity index (χ0) is 29.3. The summed E-state index contributed by atoms with van der Waals surface area (Å²) >= 11 is 6.46. The van der Waals surface area contributed by atoms with E-state index >= 15 is 0 Å². The lowest BCUT2D eigenvalue weighted by molar-refractivity contribution is -0.140. The van der Waals surface area contributed by atoms with Crippen molar-refractivity contribution in [3.8, 4) is 0 Å². The van der Waals surface area contributed by atoms with E-state index in [4.69, 9.17) is 11.6 Å². The standard InChI is InChI=1S/C31H38ClN3O4S/c1-5-7-20-33-31(37)28(6-2)34(21-25-16-12-23(3)13-17-25)30(36)22-35(29-11-9-8-10-27(29)32)40(38,39)26-18-14-24(4)15-19-26/h8-19,28H,5-7,20-22H2,1-4H3,(H,33,37)/t28-/m1/s1. The summed E-state index contributed by atoms with van der Waals surface area (Å²) in [6.07, 6.45) is 2.11. The minimum absolute atomic E-state index is 0.0419. The second-order valence-corrected chi connectivity index (χ2v) is 12.1. The van der Waals surface area contributed by atoms with Crippen molar-refractivity contribution >= 4 is 39.1 Å². The van der Waals surface area contributed by atoms with Crippen molar-refractivity contribution < 1.29 is 18.0 Å². The Morgan fingerprint density at radius 3 is 2.08 bits per heavy atom. The summed E-state index contributed by atoms with van der Waals surface area (Å²) in [6.45, 7) is 7.85. The molecule has 0 aliphatic carbocycles. The van der Waals surface area contributed by atoms with E-state index in [1.807, 2.05) is 52.0 Å². The van der Waals surface area contributed by atoms with Gasteiger partial charge in [-0.25, -0.2) is 8.42 Å². The Hall–Kier alpha value is -3.36. The maximum atomic E-state index is 14.1. The molecule has 0 bridgehead atoms. The highest BCUT2D eigenvalue weighted by atomic mass is 35.5. The Bertz CT molecular complexity index is 1390. The first-order valence-corrected chi connectivity index (χ1v) is 15.4. The molecule has 0 heterocycles. The average Bonchev–Trinajstić information content (AvgIpc) is 2.93. The summed E-state index contributed by atoms with van der Waals surface area (Å²) < 4.78 is 28.9. The molecule has 0 unspecified atom stereocenters. The fraction of sp³-hybridized carbons (Fsp3) is 0.355. The molecule has 0 saturated carbocycles. The molecule has 7 nitrogen and oxygen atoms in total. The molecular formula is C31H38ClN3O4S. The van der Waals surface area contributed by atoms with Crippen LogP contribution in [0.25, 0.3) is 0 Å². The molecule has 1 N–H and O–H groups in total. The molecule has 214 valence electrons. The van der Waals surface area contributed by atoms with Crippen LogP contribution in [0.2, 0.25) is 5.02 Å². The summed E-state index contributed by atoms with van der Waals surface area (Å²) in [6, 6.07) is 19.9. The number of nitrogens with zero attached hydrogens (tertiary/aromatic N) is 2. The molecule has 3 aromatic carbocycles. The lowest BCUT2D eigenvalue weighted by Crippen LogP contribution is -2.52. The van der Waals surface area contributed by atoms with Gasteiger partial charge in [0.15, 0.2) is 0 Å². The molecule has 40 heavy (non-hydrogen) atoms. The second kappa shape index (κ2) is 14.3. The number of carbonyl (C=O) groups is 2. The van der Waals surface area contributed by atoms with Crippen LogP contribution in [-0.2, 0) is 26.2 Å². The predicted octanol–water partition coefficient (Wildman–Crippen LogP) is 5.88. The van der Waals surface area contributed by atoms with Gasteiger partial charge in [-0.05, 0) is 56.5 Å². The highest BCUT2D eigenvalue weighted by molar-refractivity contribution is 7.92. The normalized spacial score (nSPS) is 12.0. The minimum Gasteiger partial charge on any atom is -0.354 e. The molecule has 0 aliphatic heterocycles. The fourth-order valence-electron chi connectivity index (χ4n) is 4.32. The number of benzene rings is 3. The highest BCUT2D eigenvalue weighted by Crippen LogP contribution is 2.31. The number of aryl methyl sites for hydroxylation is 2. The molecular weight excluding hydrogens is 546 g/mol. The molecule has 0 saturated heterocycles. The zero-order valence-corrected chi connectivity index (χ0v) is 25.1. The van der Waals surface area contributed by atoms with Gasteiger partial charge in [-0.15, -0.1) is 0 Å². The lowest BCUT2D eigenvalue weighted by atomic mass is 10.1. The molecule has 9 heteroatoms. The number of amides is 2. The van der Waals surface area contributed by atoms with Crippen molar-refractivity contribution in [1.82, 2.24) is 10.2 Å². The molecule has 0 radical (unpaired) electrons. The summed E-state index contributed by atoms with van der Waals surface area (Å²) in [7, 11) is -4.17. The summed E-state index contributed by atoms with van der Waals surface area (Å²) in [5.41, 5.74) is 3.00. The van der Waals surface area contributed by atoms with Crippen LogP contribution in [0.3, 0.4) is 0 Å². The Morgan fingerprint density at radius 1 is 0.900 bits per heavy atom. The number of anilines is 1. The van der Waals surface area contributed by atoms with Crippen molar-refractivity contribution in [2.24, 2.45) is 0 Å². The largest absolute Gasteiger partial charge is 0.354 e. The van der Waals surface area contributed by atoms with Crippen LogP contribution >= 0.6 is 11.6 Å². The van der Waals surface area contributed by atoms with Gasteiger partial charge in [0.2, 0.25) is 11.8 Å². The number of halogens is 1. The SMILES string of the molecule is CCCCNC(=O)[C@@H](CC)N(Cc1ccc(C)cc1)C(=O)CN(c1ccccc1Cl)S(=O)(=O)c1ccc(C)cc1. The van der Waals surface area contributed by atoms with E-state index in [0.717, 1.165) is 33.8 Å². The van der Waals surface area contributed by atoms with Gasteiger partial charge in [0.1, 0.15) is 12.6 Å². The van der Waals surface area contributed by atoms with E-state index in [0.29, 0.717) is 13.0 Å². The molecule has 0 spiro atoms. The number of rotatable bonds is 13. The predicted molar refractivity (Wildman–Crippen MR) is 161 cm³/mol. The van der Waals surface area contributed by atoms with Gasteiger partial charge in [-0.1, -0.05) is 91.5 Å². The summed E-state index contributed by atoms with van der Waals surface area (Å²) in [5, 5.41) is 3.13. The fourth-order valence-corrected chi connectivity index (χ4v) is 6.04. The lowest BCUT2D eigenvalue weighted by Gasteiger charge is -2.33. The topological polar surface area (TPSA) is 86.8 Å². The molecule has 0 fully saturated rings. The van der Waals surface area contributed by atoms with Crippen molar-refractivity contribution in [3.63, 3.8) is 0 Å². The highest BCUT2D eigenvalue weighted by Gasteiger charge is 2.34. The number of hydrogen-bond donors (Lipinski definition) is 1. The second-order valence-electron chi connectivity index (χ2n) is 9.85. The van der Waals surface area contributed by atoms with E-state index in [1.165, 1.54) is 17.0 Å². The number of unbranched alkanes of at least 4 members (excludes halogenated alkanes) is 1. The monoisotopic (exact) mass is 583 g/mol. The molecule has 3 aromatic rings. The van der Waals surface area contributed by atoms with Gasteiger partial charge < -0.3 is 10.2 Å². The van der Waals surface area contributed by atoms with Crippen molar-refractivity contribution in [1.29, 1.82) is 0 Å². The van der Waals surface area contributed by atoms with Crippen LogP contribution < -0.4 is 9.62 Å². The number of carbonyl (C=O) groups excluding carboxylic acids is 2. The first kappa shape index (κ1) is 31.2. The maximum Gasteiger partial charge on any atom is 0.264 e.